The molecule has 1 atom stereocenters. The second-order valence-electron chi connectivity index (χ2n) is 3.68. The van der Waals surface area contributed by atoms with E-state index in [2.05, 4.69) is 42.9 Å². The van der Waals surface area contributed by atoms with Crippen LogP contribution in [0.4, 0.5) is 0 Å². The zero-order chi connectivity index (χ0) is 13.1. The van der Waals surface area contributed by atoms with Crippen molar-refractivity contribution in [1.29, 1.82) is 5.26 Å². The topological polar surface area (TPSA) is 66.2 Å². The van der Waals surface area contributed by atoms with Gasteiger partial charge in [-0.15, -0.1) is 0 Å². The minimum Gasteiger partial charge on any atom is -0.376 e. The predicted octanol–water partition coefficient (Wildman–Crippen LogP) is 1.97. The third-order valence-electron chi connectivity index (χ3n) is 2.55. The van der Waals surface area contributed by atoms with Gasteiger partial charge in [0.25, 0.3) is 5.91 Å². The summed E-state index contributed by atoms with van der Waals surface area (Å²) < 4.78 is 6.37. The van der Waals surface area contributed by atoms with Gasteiger partial charge in [-0.1, -0.05) is 0 Å². The first-order valence-corrected chi connectivity index (χ1v) is 6.82. The van der Waals surface area contributed by atoms with Crippen LogP contribution < -0.4 is 0 Å². The second kappa shape index (κ2) is 5.78. The van der Waals surface area contributed by atoms with Crippen LogP contribution in [0.2, 0.25) is 0 Å². The highest BCUT2D eigenvalue weighted by molar-refractivity contribution is 9.11. The van der Waals surface area contributed by atoms with E-state index in [0.29, 0.717) is 27.9 Å². The smallest absolute Gasteiger partial charge is 0.274 e. The van der Waals surface area contributed by atoms with Crippen molar-refractivity contribution in [2.24, 2.45) is 0 Å². The van der Waals surface area contributed by atoms with Crippen molar-refractivity contribution in [3.8, 4) is 6.07 Å². The fraction of sp³-hybridized carbons (Fsp3) is 0.364. The van der Waals surface area contributed by atoms with Gasteiger partial charge in [0.1, 0.15) is 16.3 Å². The fourth-order valence-electron chi connectivity index (χ4n) is 1.66. The number of nitrogens with zero attached hydrogens (tertiary/aromatic N) is 3. The molecule has 2 rings (SSSR count). The third kappa shape index (κ3) is 2.71. The molecule has 94 valence electrons. The molecule has 0 spiro atoms. The van der Waals surface area contributed by atoms with E-state index >= 15 is 0 Å². The van der Waals surface area contributed by atoms with Gasteiger partial charge in [0.2, 0.25) is 0 Å². The van der Waals surface area contributed by atoms with Crippen LogP contribution in [-0.2, 0) is 4.74 Å². The molecule has 1 saturated heterocycles. The van der Waals surface area contributed by atoms with Gasteiger partial charge >= 0.3 is 0 Å². The number of rotatable bonds is 1. The monoisotopic (exact) mass is 373 g/mol. The van der Waals surface area contributed by atoms with Crippen molar-refractivity contribution in [2.75, 3.05) is 19.8 Å². The average Bonchev–Trinajstić information content (AvgIpc) is 2.40. The summed E-state index contributed by atoms with van der Waals surface area (Å²) in [5.74, 6) is -0.266. The number of pyridine rings is 1. The predicted molar refractivity (Wildman–Crippen MR) is 70.9 cm³/mol. The summed E-state index contributed by atoms with van der Waals surface area (Å²) in [6, 6.07) is 4.99. The fourth-order valence-corrected chi connectivity index (χ4v) is 2.36. The van der Waals surface area contributed by atoms with Gasteiger partial charge < -0.3 is 9.64 Å². The lowest BCUT2D eigenvalue weighted by Crippen LogP contribution is -2.48. The highest BCUT2D eigenvalue weighted by Crippen LogP contribution is 2.21. The molecular formula is C11H9Br2N3O2. The lowest BCUT2D eigenvalue weighted by Gasteiger charge is -2.31. The van der Waals surface area contributed by atoms with Crippen molar-refractivity contribution in [2.45, 2.75) is 6.04 Å². The molecule has 0 bridgehead atoms. The molecule has 0 unspecified atom stereocenters. The van der Waals surface area contributed by atoms with E-state index in [-0.39, 0.29) is 12.5 Å². The standard InChI is InChI=1S/C11H9Br2N3O2/c12-8-1-2-9(13)15-10(8)11(17)16-3-4-18-6-7(16)5-14/h1-2,7H,3-4,6H2/t7-/m1/s1. The van der Waals surface area contributed by atoms with E-state index in [4.69, 9.17) is 10.00 Å². The first-order valence-electron chi connectivity index (χ1n) is 5.24. The molecule has 0 N–H and O–H groups in total. The Morgan fingerprint density at radius 3 is 3.06 bits per heavy atom. The summed E-state index contributed by atoms with van der Waals surface area (Å²) in [5.41, 5.74) is 0.298. The lowest BCUT2D eigenvalue weighted by molar-refractivity contribution is 0.0128. The van der Waals surface area contributed by atoms with Crippen LogP contribution in [0.15, 0.2) is 21.2 Å². The third-order valence-corrected chi connectivity index (χ3v) is 3.63. The molecule has 0 radical (unpaired) electrons. The first-order chi connectivity index (χ1) is 8.63. The van der Waals surface area contributed by atoms with E-state index in [0.717, 1.165) is 0 Å². The minimum atomic E-state index is -0.557. The van der Waals surface area contributed by atoms with Crippen LogP contribution in [-0.4, -0.2) is 41.6 Å². The molecule has 1 fully saturated rings. The summed E-state index contributed by atoms with van der Waals surface area (Å²) in [7, 11) is 0. The van der Waals surface area contributed by atoms with Gasteiger partial charge in [-0.05, 0) is 44.0 Å². The van der Waals surface area contributed by atoms with Crippen molar-refractivity contribution in [3.05, 3.63) is 26.9 Å². The Hall–Kier alpha value is -0.970. The number of hydrogen-bond acceptors (Lipinski definition) is 4. The molecule has 1 amide bonds. The van der Waals surface area contributed by atoms with Gasteiger partial charge in [0.05, 0.1) is 19.3 Å². The highest BCUT2D eigenvalue weighted by Gasteiger charge is 2.29. The maximum atomic E-state index is 12.3. The molecule has 7 heteroatoms. The highest BCUT2D eigenvalue weighted by atomic mass is 79.9. The zero-order valence-corrected chi connectivity index (χ0v) is 12.4. The Kier molecular flexibility index (Phi) is 4.32. The Bertz CT molecular complexity index is 516. The molecule has 1 aromatic heterocycles. The van der Waals surface area contributed by atoms with E-state index < -0.39 is 6.04 Å². The normalized spacial score (nSPS) is 19.4. The van der Waals surface area contributed by atoms with Gasteiger partial charge in [-0.2, -0.15) is 5.26 Å². The van der Waals surface area contributed by atoms with Crippen molar-refractivity contribution in [1.82, 2.24) is 9.88 Å². The van der Waals surface area contributed by atoms with Gasteiger partial charge in [0.15, 0.2) is 0 Å². The van der Waals surface area contributed by atoms with E-state index in [9.17, 15) is 4.79 Å². The molecule has 0 aliphatic carbocycles. The quantitative estimate of drug-likeness (QED) is 0.705. The largest absolute Gasteiger partial charge is 0.376 e. The number of nitriles is 1. The summed E-state index contributed by atoms with van der Waals surface area (Å²) in [6.45, 7) is 1.08. The first kappa shape index (κ1) is 13.5. The number of amides is 1. The van der Waals surface area contributed by atoms with E-state index in [1.54, 1.807) is 12.1 Å². The molecule has 18 heavy (non-hydrogen) atoms. The summed E-state index contributed by atoms with van der Waals surface area (Å²) >= 11 is 6.52. The van der Waals surface area contributed by atoms with Crippen LogP contribution in [0.1, 0.15) is 10.5 Å². The van der Waals surface area contributed by atoms with Crippen molar-refractivity contribution >= 4 is 37.8 Å². The number of halogens is 2. The second-order valence-corrected chi connectivity index (χ2v) is 5.35. The van der Waals surface area contributed by atoms with Crippen LogP contribution in [0.5, 0.6) is 0 Å². The molecule has 1 aromatic rings. The maximum absolute atomic E-state index is 12.3. The van der Waals surface area contributed by atoms with E-state index in [1.807, 2.05) is 0 Å². The molecule has 2 heterocycles. The SMILES string of the molecule is N#C[C@@H]1COCCN1C(=O)c1nc(Br)ccc1Br. The summed E-state index contributed by atoms with van der Waals surface area (Å²) in [5, 5.41) is 9.02. The molecule has 0 aromatic carbocycles. The molecular weight excluding hydrogens is 366 g/mol. The van der Waals surface area contributed by atoms with Crippen molar-refractivity contribution in [3.63, 3.8) is 0 Å². The molecule has 0 saturated carbocycles. The van der Waals surface area contributed by atoms with Crippen LogP contribution in [0.3, 0.4) is 0 Å². The maximum Gasteiger partial charge on any atom is 0.274 e. The number of ether oxygens (including phenoxy) is 1. The number of carbonyl (C=O) groups excluding carboxylic acids is 1. The lowest BCUT2D eigenvalue weighted by atomic mass is 10.2. The van der Waals surface area contributed by atoms with Crippen LogP contribution in [0, 0.1) is 11.3 Å². The number of aromatic nitrogens is 1. The minimum absolute atomic E-state index is 0.244. The van der Waals surface area contributed by atoms with Gasteiger partial charge in [-0.25, -0.2) is 4.98 Å². The van der Waals surface area contributed by atoms with Crippen molar-refractivity contribution < 1.29 is 9.53 Å². The van der Waals surface area contributed by atoms with Crippen LogP contribution in [0.25, 0.3) is 0 Å². The Morgan fingerprint density at radius 1 is 1.56 bits per heavy atom. The molecule has 1 aliphatic heterocycles. The number of morpholine rings is 1. The molecule has 1 aliphatic rings. The molecule has 5 nitrogen and oxygen atoms in total. The number of carbonyl (C=O) groups is 1. The van der Waals surface area contributed by atoms with Gasteiger partial charge in [-0.3, -0.25) is 4.79 Å². The van der Waals surface area contributed by atoms with Crippen LogP contribution >= 0.6 is 31.9 Å². The zero-order valence-electron chi connectivity index (χ0n) is 9.27. The average molecular weight is 375 g/mol. The number of hydrogen-bond donors (Lipinski definition) is 0. The Morgan fingerprint density at radius 2 is 2.33 bits per heavy atom. The van der Waals surface area contributed by atoms with Gasteiger partial charge in [0, 0.05) is 11.0 Å². The van der Waals surface area contributed by atoms with E-state index in [1.165, 1.54) is 4.90 Å². The Labute approximate surface area is 121 Å². The summed E-state index contributed by atoms with van der Waals surface area (Å²) in [4.78, 5) is 18.0. The Balaban J connectivity index is 2.30. The summed E-state index contributed by atoms with van der Waals surface area (Å²) in [6.07, 6.45) is 0.